The van der Waals surface area contributed by atoms with Crippen LogP contribution in [0.4, 0.5) is 11.6 Å². The predicted molar refractivity (Wildman–Crippen MR) is 66.5 cm³/mol. The number of rotatable bonds is 4. The van der Waals surface area contributed by atoms with Crippen molar-refractivity contribution in [2.75, 3.05) is 5.32 Å². The summed E-state index contributed by atoms with van der Waals surface area (Å²) < 4.78 is 0. The van der Waals surface area contributed by atoms with Gasteiger partial charge in [-0.2, -0.15) is 10.1 Å². The van der Waals surface area contributed by atoms with Crippen LogP contribution in [0.2, 0.25) is 0 Å². The Morgan fingerprint density at radius 2 is 2.11 bits per heavy atom. The zero-order valence-electron chi connectivity index (χ0n) is 10.0. The molecule has 1 aromatic carbocycles. The first-order chi connectivity index (χ1) is 9.08. The quantitative estimate of drug-likeness (QED) is 0.638. The molecule has 8 heteroatoms. The second-order valence-electron chi connectivity index (χ2n) is 3.89. The van der Waals surface area contributed by atoms with Crippen LogP contribution in [-0.4, -0.2) is 26.0 Å². The van der Waals surface area contributed by atoms with E-state index in [0.29, 0.717) is 5.56 Å². The maximum absolute atomic E-state index is 11.9. The minimum atomic E-state index is -0.483. The van der Waals surface area contributed by atoms with Gasteiger partial charge in [0.05, 0.1) is 10.8 Å². The average Bonchev–Trinajstić information content (AvgIpc) is 2.90. The fourth-order valence-electron chi connectivity index (χ4n) is 1.53. The number of aromatic amines is 1. The Morgan fingerprint density at radius 3 is 2.63 bits per heavy atom. The molecule has 0 bridgehead atoms. The Morgan fingerprint density at radius 1 is 1.42 bits per heavy atom. The van der Waals surface area contributed by atoms with E-state index in [9.17, 15) is 14.9 Å². The van der Waals surface area contributed by atoms with Gasteiger partial charge in [-0.1, -0.05) is 12.1 Å². The van der Waals surface area contributed by atoms with Crippen LogP contribution in [0.3, 0.4) is 0 Å². The molecule has 1 unspecified atom stereocenters. The zero-order valence-corrected chi connectivity index (χ0v) is 10.0. The molecule has 0 aliphatic rings. The van der Waals surface area contributed by atoms with E-state index in [0.717, 1.165) is 0 Å². The van der Waals surface area contributed by atoms with E-state index in [4.69, 9.17) is 0 Å². The predicted octanol–water partition coefficient (Wildman–Crippen LogP) is 1.46. The minimum absolute atomic E-state index is 0.00778. The molecule has 19 heavy (non-hydrogen) atoms. The van der Waals surface area contributed by atoms with E-state index in [1.165, 1.54) is 18.5 Å². The number of carbonyl (C=O) groups excluding carboxylic acids is 1. The third kappa shape index (κ3) is 2.92. The van der Waals surface area contributed by atoms with Crippen LogP contribution in [0.1, 0.15) is 18.4 Å². The lowest BCUT2D eigenvalue weighted by molar-refractivity contribution is -0.384. The van der Waals surface area contributed by atoms with Crippen molar-refractivity contribution in [1.29, 1.82) is 0 Å². The van der Waals surface area contributed by atoms with Crippen molar-refractivity contribution in [2.45, 2.75) is 12.8 Å². The molecule has 0 saturated carbocycles. The Labute approximate surface area is 108 Å². The smallest absolute Gasteiger partial charge is 0.269 e. The molecule has 0 aliphatic heterocycles. The van der Waals surface area contributed by atoms with Gasteiger partial charge in [0.25, 0.3) is 5.69 Å². The molecular weight excluding hydrogens is 250 g/mol. The Kier molecular flexibility index (Phi) is 3.51. The molecule has 0 radical (unpaired) electrons. The van der Waals surface area contributed by atoms with Gasteiger partial charge in [0.15, 0.2) is 0 Å². The number of hydrogen-bond donors (Lipinski definition) is 2. The first-order valence-corrected chi connectivity index (χ1v) is 5.48. The average molecular weight is 261 g/mol. The van der Waals surface area contributed by atoms with Crippen LogP contribution in [-0.2, 0) is 4.79 Å². The third-order valence-corrected chi connectivity index (χ3v) is 2.65. The SMILES string of the molecule is CC(C(=O)Nc1ncn[nH]1)c1ccc([N+](=O)[O-])cc1. The molecule has 0 spiro atoms. The number of amides is 1. The number of hydrogen-bond acceptors (Lipinski definition) is 5. The topological polar surface area (TPSA) is 114 Å². The summed E-state index contributed by atoms with van der Waals surface area (Å²) >= 11 is 0. The highest BCUT2D eigenvalue weighted by Gasteiger charge is 2.17. The summed E-state index contributed by atoms with van der Waals surface area (Å²) in [6.45, 7) is 1.70. The van der Waals surface area contributed by atoms with Gasteiger partial charge in [-0.05, 0) is 12.5 Å². The maximum Gasteiger partial charge on any atom is 0.269 e. The van der Waals surface area contributed by atoms with Crippen molar-refractivity contribution in [3.63, 3.8) is 0 Å². The monoisotopic (exact) mass is 261 g/mol. The summed E-state index contributed by atoms with van der Waals surface area (Å²) in [5, 5.41) is 19.2. The molecule has 0 fully saturated rings. The van der Waals surface area contributed by atoms with Gasteiger partial charge in [-0.15, -0.1) is 0 Å². The zero-order chi connectivity index (χ0) is 13.8. The van der Waals surface area contributed by atoms with Gasteiger partial charge in [-0.25, -0.2) is 5.10 Å². The summed E-state index contributed by atoms with van der Waals surface area (Å²) in [7, 11) is 0. The lowest BCUT2D eigenvalue weighted by Gasteiger charge is -2.10. The molecule has 1 atom stereocenters. The number of H-pyrrole nitrogens is 1. The molecule has 1 heterocycles. The number of benzene rings is 1. The largest absolute Gasteiger partial charge is 0.294 e. The summed E-state index contributed by atoms with van der Waals surface area (Å²) in [6.07, 6.45) is 1.28. The first kappa shape index (κ1) is 12.7. The normalized spacial score (nSPS) is 11.8. The summed E-state index contributed by atoms with van der Waals surface area (Å²) in [5.74, 6) is -0.463. The summed E-state index contributed by atoms with van der Waals surface area (Å²) in [4.78, 5) is 25.7. The van der Waals surface area contributed by atoms with Gasteiger partial charge in [0.1, 0.15) is 6.33 Å². The van der Waals surface area contributed by atoms with Gasteiger partial charge in [0.2, 0.25) is 11.9 Å². The number of carbonyl (C=O) groups is 1. The number of anilines is 1. The van der Waals surface area contributed by atoms with Crippen LogP contribution in [0.15, 0.2) is 30.6 Å². The molecule has 0 aliphatic carbocycles. The van der Waals surface area contributed by atoms with Crippen molar-refractivity contribution >= 4 is 17.5 Å². The number of nitro groups is 1. The van der Waals surface area contributed by atoms with Crippen molar-refractivity contribution < 1.29 is 9.72 Å². The van der Waals surface area contributed by atoms with E-state index < -0.39 is 10.8 Å². The number of non-ortho nitro benzene ring substituents is 1. The molecule has 98 valence electrons. The Hall–Kier alpha value is -2.77. The lowest BCUT2D eigenvalue weighted by Crippen LogP contribution is -2.19. The summed E-state index contributed by atoms with van der Waals surface area (Å²) in [6, 6.07) is 5.85. The fraction of sp³-hybridized carbons (Fsp3) is 0.182. The van der Waals surface area contributed by atoms with E-state index in [1.807, 2.05) is 0 Å². The minimum Gasteiger partial charge on any atom is -0.294 e. The first-order valence-electron chi connectivity index (χ1n) is 5.48. The summed E-state index contributed by atoms with van der Waals surface area (Å²) in [5.41, 5.74) is 0.675. The highest BCUT2D eigenvalue weighted by Crippen LogP contribution is 2.20. The van der Waals surface area contributed by atoms with Crippen molar-refractivity contribution in [3.05, 3.63) is 46.3 Å². The van der Waals surface area contributed by atoms with Crippen LogP contribution in [0, 0.1) is 10.1 Å². The molecule has 1 amide bonds. The van der Waals surface area contributed by atoms with Gasteiger partial charge in [-0.3, -0.25) is 20.2 Å². The maximum atomic E-state index is 11.9. The molecular formula is C11H11N5O3. The number of aromatic nitrogens is 3. The van der Waals surface area contributed by atoms with Crippen molar-refractivity contribution in [3.8, 4) is 0 Å². The molecule has 8 nitrogen and oxygen atoms in total. The molecule has 2 aromatic rings. The second kappa shape index (κ2) is 5.25. The Bertz CT molecular complexity index is 579. The fourth-order valence-corrected chi connectivity index (χ4v) is 1.53. The van der Waals surface area contributed by atoms with Gasteiger partial charge >= 0.3 is 0 Å². The standard InChI is InChI=1S/C11H11N5O3/c1-7(10(17)14-11-12-6-13-15-11)8-2-4-9(5-3-8)16(18)19/h2-7H,1H3,(H2,12,13,14,15,17). The number of nitrogens with one attached hydrogen (secondary N) is 2. The molecule has 0 saturated heterocycles. The van der Waals surface area contributed by atoms with E-state index in [1.54, 1.807) is 19.1 Å². The van der Waals surface area contributed by atoms with Crippen LogP contribution < -0.4 is 5.32 Å². The van der Waals surface area contributed by atoms with Gasteiger partial charge < -0.3 is 0 Å². The van der Waals surface area contributed by atoms with Crippen LogP contribution in [0.5, 0.6) is 0 Å². The Balaban J connectivity index is 2.08. The molecule has 2 rings (SSSR count). The van der Waals surface area contributed by atoms with Gasteiger partial charge in [0, 0.05) is 12.1 Å². The number of nitro benzene ring substituents is 1. The van der Waals surface area contributed by atoms with E-state index in [-0.39, 0.29) is 17.5 Å². The molecule has 1 aromatic heterocycles. The number of nitrogens with zero attached hydrogens (tertiary/aromatic N) is 3. The van der Waals surface area contributed by atoms with Crippen molar-refractivity contribution in [2.24, 2.45) is 0 Å². The van der Waals surface area contributed by atoms with Crippen molar-refractivity contribution in [1.82, 2.24) is 15.2 Å². The van der Waals surface area contributed by atoms with Crippen LogP contribution >= 0.6 is 0 Å². The lowest BCUT2D eigenvalue weighted by atomic mass is 10.0. The van der Waals surface area contributed by atoms with Crippen LogP contribution in [0.25, 0.3) is 0 Å². The van der Waals surface area contributed by atoms with E-state index >= 15 is 0 Å². The third-order valence-electron chi connectivity index (χ3n) is 2.65. The van der Waals surface area contributed by atoms with E-state index in [2.05, 4.69) is 20.5 Å². The second-order valence-corrected chi connectivity index (χ2v) is 3.89. The molecule has 2 N–H and O–H groups in total. The highest BCUT2D eigenvalue weighted by atomic mass is 16.6. The highest BCUT2D eigenvalue weighted by molar-refractivity contribution is 5.94.